The number of nitrogens with one attached hydrogen (secondary N) is 2. The molecule has 1 aromatic rings. The fraction of sp³-hybridized carbons (Fsp3) is 0.562. The first-order chi connectivity index (χ1) is 10.5. The van der Waals surface area contributed by atoms with Crippen molar-refractivity contribution in [1.82, 2.24) is 10.6 Å². The van der Waals surface area contributed by atoms with Crippen LogP contribution in [0.4, 0.5) is 13.6 Å². The van der Waals surface area contributed by atoms with Crippen molar-refractivity contribution >= 4 is 6.03 Å². The fourth-order valence-corrected chi connectivity index (χ4v) is 2.48. The van der Waals surface area contributed by atoms with E-state index in [1.54, 1.807) is 0 Å². The molecule has 6 heteroatoms. The molecule has 0 radical (unpaired) electrons. The fourth-order valence-electron chi connectivity index (χ4n) is 2.48. The Bertz CT molecular complexity index is 533. The molecule has 1 atom stereocenters. The van der Waals surface area contributed by atoms with E-state index in [-0.39, 0.29) is 6.03 Å². The van der Waals surface area contributed by atoms with Crippen LogP contribution in [0.2, 0.25) is 0 Å². The molecule has 1 aliphatic carbocycles. The minimum atomic E-state index is -0.600. The van der Waals surface area contributed by atoms with Gasteiger partial charge in [-0.3, -0.25) is 0 Å². The molecule has 1 saturated carbocycles. The lowest BCUT2D eigenvalue weighted by atomic mass is 9.95. The third-order valence-corrected chi connectivity index (χ3v) is 4.18. The van der Waals surface area contributed by atoms with Gasteiger partial charge in [0, 0.05) is 24.6 Å². The molecule has 0 bridgehead atoms. The summed E-state index contributed by atoms with van der Waals surface area (Å²) >= 11 is 0. The number of rotatable bonds is 7. The Morgan fingerprint density at radius 1 is 1.36 bits per heavy atom. The van der Waals surface area contributed by atoms with Gasteiger partial charge in [-0.25, -0.2) is 13.6 Å². The van der Waals surface area contributed by atoms with Gasteiger partial charge in [-0.1, -0.05) is 13.0 Å². The number of aliphatic hydroxyl groups excluding tert-OH is 1. The van der Waals surface area contributed by atoms with E-state index in [4.69, 9.17) is 0 Å². The van der Waals surface area contributed by atoms with Crippen LogP contribution in [-0.2, 0) is 5.41 Å². The van der Waals surface area contributed by atoms with Gasteiger partial charge in [0.05, 0.1) is 6.10 Å². The second kappa shape index (κ2) is 7.05. The smallest absolute Gasteiger partial charge is 0.314 e. The van der Waals surface area contributed by atoms with Crippen LogP contribution in [0.3, 0.4) is 0 Å². The molecule has 0 spiro atoms. The number of benzene rings is 1. The van der Waals surface area contributed by atoms with Gasteiger partial charge in [0.2, 0.25) is 0 Å². The number of amides is 2. The van der Waals surface area contributed by atoms with E-state index >= 15 is 0 Å². The van der Waals surface area contributed by atoms with Gasteiger partial charge in [-0.05, 0) is 37.3 Å². The summed E-state index contributed by atoms with van der Waals surface area (Å²) in [7, 11) is 0. The Morgan fingerprint density at radius 2 is 2.09 bits per heavy atom. The molecule has 3 N–H and O–H groups in total. The summed E-state index contributed by atoms with van der Waals surface area (Å²) in [5.41, 5.74) is 0.0357. The molecule has 1 aromatic carbocycles. The third kappa shape index (κ3) is 4.16. The number of carbonyl (C=O) groups is 1. The molecule has 2 amide bonds. The van der Waals surface area contributed by atoms with Crippen molar-refractivity contribution < 1.29 is 18.7 Å². The number of hydrogen-bond donors (Lipinski definition) is 3. The summed E-state index contributed by atoms with van der Waals surface area (Å²) in [6.07, 6.45) is 2.27. The Labute approximate surface area is 128 Å². The zero-order valence-corrected chi connectivity index (χ0v) is 12.7. The summed E-state index contributed by atoms with van der Waals surface area (Å²) in [6, 6.07) is 3.23. The minimum absolute atomic E-state index is 0.317. The molecule has 22 heavy (non-hydrogen) atoms. The minimum Gasteiger partial charge on any atom is -0.393 e. The van der Waals surface area contributed by atoms with E-state index in [0.29, 0.717) is 31.5 Å². The molecule has 0 saturated heterocycles. The quantitative estimate of drug-likeness (QED) is 0.724. The Morgan fingerprint density at radius 3 is 2.68 bits per heavy atom. The van der Waals surface area contributed by atoms with Crippen LogP contribution >= 0.6 is 0 Å². The summed E-state index contributed by atoms with van der Waals surface area (Å²) < 4.78 is 26.8. The average molecular weight is 312 g/mol. The first-order valence-electron chi connectivity index (χ1n) is 7.62. The molecule has 4 nitrogen and oxygen atoms in total. The molecule has 1 fully saturated rings. The SMILES string of the molecule is CCC(O)CCNC(=O)NCC1(c2ccc(F)cc2F)CC1. The van der Waals surface area contributed by atoms with Crippen molar-refractivity contribution in [2.45, 2.75) is 44.1 Å². The number of hydrogen-bond acceptors (Lipinski definition) is 2. The topological polar surface area (TPSA) is 61.4 Å². The highest BCUT2D eigenvalue weighted by atomic mass is 19.1. The van der Waals surface area contributed by atoms with Crippen LogP contribution in [0.15, 0.2) is 18.2 Å². The molecule has 0 aromatic heterocycles. The van der Waals surface area contributed by atoms with Crippen molar-refractivity contribution in [1.29, 1.82) is 0 Å². The first kappa shape index (κ1) is 16.7. The maximum atomic E-state index is 13.8. The zero-order chi connectivity index (χ0) is 16.2. The Balaban J connectivity index is 1.82. The van der Waals surface area contributed by atoms with E-state index < -0.39 is 23.2 Å². The van der Waals surface area contributed by atoms with Gasteiger partial charge < -0.3 is 15.7 Å². The van der Waals surface area contributed by atoms with Crippen LogP contribution in [0.5, 0.6) is 0 Å². The number of carbonyl (C=O) groups excluding carboxylic acids is 1. The Hall–Kier alpha value is -1.69. The van der Waals surface area contributed by atoms with Crippen molar-refractivity contribution in [3.63, 3.8) is 0 Å². The van der Waals surface area contributed by atoms with E-state index in [2.05, 4.69) is 10.6 Å². The van der Waals surface area contributed by atoms with Crippen molar-refractivity contribution in [3.05, 3.63) is 35.4 Å². The standard InChI is InChI=1S/C16H22F2N2O2/c1-2-12(21)5-8-19-15(22)20-10-16(6-7-16)13-4-3-11(17)9-14(13)18/h3-4,9,12,21H,2,5-8,10H2,1H3,(H2,19,20,22). The summed E-state index contributed by atoms with van der Waals surface area (Å²) in [4.78, 5) is 11.7. The second-order valence-electron chi connectivity index (χ2n) is 5.86. The van der Waals surface area contributed by atoms with Gasteiger partial charge in [0.25, 0.3) is 0 Å². The monoisotopic (exact) mass is 312 g/mol. The van der Waals surface area contributed by atoms with Crippen LogP contribution in [0.1, 0.15) is 38.2 Å². The molecule has 122 valence electrons. The highest BCUT2D eigenvalue weighted by Crippen LogP contribution is 2.48. The molecule has 1 aliphatic rings. The number of urea groups is 1. The average Bonchev–Trinajstić information content (AvgIpc) is 3.26. The molecule has 2 rings (SSSR count). The summed E-state index contributed by atoms with van der Waals surface area (Å²) in [6.45, 7) is 2.58. The highest BCUT2D eigenvalue weighted by molar-refractivity contribution is 5.74. The van der Waals surface area contributed by atoms with Crippen molar-refractivity contribution in [2.24, 2.45) is 0 Å². The third-order valence-electron chi connectivity index (χ3n) is 4.18. The van der Waals surface area contributed by atoms with E-state index in [1.165, 1.54) is 12.1 Å². The van der Waals surface area contributed by atoms with E-state index in [1.807, 2.05) is 6.92 Å². The number of aliphatic hydroxyl groups is 1. The van der Waals surface area contributed by atoms with Crippen LogP contribution in [0.25, 0.3) is 0 Å². The van der Waals surface area contributed by atoms with E-state index in [9.17, 15) is 18.7 Å². The van der Waals surface area contributed by atoms with Gasteiger partial charge >= 0.3 is 6.03 Å². The largest absolute Gasteiger partial charge is 0.393 e. The second-order valence-corrected chi connectivity index (χ2v) is 5.86. The van der Waals surface area contributed by atoms with Crippen LogP contribution in [0, 0.1) is 11.6 Å². The molecule has 0 heterocycles. The maximum Gasteiger partial charge on any atom is 0.314 e. The molecule has 1 unspecified atom stereocenters. The first-order valence-corrected chi connectivity index (χ1v) is 7.62. The maximum absolute atomic E-state index is 13.8. The van der Waals surface area contributed by atoms with Crippen LogP contribution < -0.4 is 10.6 Å². The van der Waals surface area contributed by atoms with Gasteiger partial charge in [-0.2, -0.15) is 0 Å². The Kier molecular flexibility index (Phi) is 5.34. The predicted octanol–water partition coefficient (Wildman–Crippen LogP) is 2.46. The lowest BCUT2D eigenvalue weighted by Crippen LogP contribution is -2.41. The predicted molar refractivity (Wildman–Crippen MR) is 79.6 cm³/mol. The zero-order valence-electron chi connectivity index (χ0n) is 12.7. The van der Waals surface area contributed by atoms with Crippen molar-refractivity contribution in [3.8, 4) is 0 Å². The lowest BCUT2D eigenvalue weighted by molar-refractivity contribution is 0.160. The molecular weight excluding hydrogens is 290 g/mol. The van der Waals surface area contributed by atoms with Crippen LogP contribution in [-0.4, -0.2) is 30.3 Å². The normalized spacial score (nSPS) is 16.9. The van der Waals surface area contributed by atoms with Gasteiger partial charge in [0.1, 0.15) is 11.6 Å². The molecule has 0 aliphatic heterocycles. The van der Waals surface area contributed by atoms with Gasteiger partial charge in [0.15, 0.2) is 0 Å². The van der Waals surface area contributed by atoms with E-state index in [0.717, 1.165) is 18.9 Å². The molecular formula is C16H22F2N2O2. The summed E-state index contributed by atoms with van der Waals surface area (Å²) in [5, 5.41) is 14.8. The van der Waals surface area contributed by atoms with Crippen molar-refractivity contribution in [2.75, 3.05) is 13.1 Å². The summed E-state index contributed by atoms with van der Waals surface area (Å²) in [5.74, 6) is -1.16. The van der Waals surface area contributed by atoms with Gasteiger partial charge in [-0.15, -0.1) is 0 Å². The number of halogens is 2. The highest BCUT2D eigenvalue weighted by Gasteiger charge is 2.46. The lowest BCUT2D eigenvalue weighted by Gasteiger charge is -2.18.